The maximum absolute atomic E-state index is 5.45. The monoisotopic (exact) mass is 141 g/mol. The van der Waals surface area contributed by atoms with Crippen LogP contribution in [0.4, 0.5) is 11.8 Å². The molecule has 1 rings (SSSR count). The van der Waals surface area contributed by atoms with Gasteiger partial charge in [0.2, 0.25) is 5.82 Å². The van der Waals surface area contributed by atoms with Gasteiger partial charge in [0.05, 0.1) is 6.20 Å². The molecule has 0 atom stereocenters. The molecule has 0 saturated carbocycles. The smallest absolute Gasteiger partial charge is 0.371 e. The van der Waals surface area contributed by atoms with E-state index in [1.54, 1.807) is 6.07 Å². The second-order valence-corrected chi connectivity index (χ2v) is 1.70. The summed E-state index contributed by atoms with van der Waals surface area (Å²) in [6, 6.07) is 1.60. The number of nitrogen functional groups attached to an aromatic ring is 2. The third-order valence-corrected chi connectivity index (χ3v) is 1.08. The molecule has 5 nitrogen and oxygen atoms in total. The molecule has 0 spiro atoms. The molecule has 4 N–H and O–H groups in total. The molecule has 0 fully saturated rings. The van der Waals surface area contributed by atoms with Crippen LogP contribution in [-0.4, -0.2) is 12.1 Å². The summed E-state index contributed by atoms with van der Waals surface area (Å²) in [6.45, 7) is 0. The van der Waals surface area contributed by atoms with Crippen LogP contribution >= 0.6 is 0 Å². The molecule has 0 radical (unpaired) electrons. The average molecular weight is 141 g/mol. The number of aromatic nitrogens is 2. The molecule has 1 heterocycles. The van der Waals surface area contributed by atoms with Crippen molar-refractivity contribution in [3.05, 3.63) is 12.3 Å². The first kappa shape index (κ1) is 6.60. The summed E-state index contributed by atoms with van der Waals surface area (Å²) in [5.41, 5.74) is 10.8. The largest absolute Gasteiger partial charge is 0.381 e. The average Bonchev–Trinajstić information content (AvgIpc) is 1.88. The van der Waals surface area contributed by atoms with Gasteiger partial charge in [0, 0.05) is 6.07 Å². The first-order valence-electron chi connectivity index (χ1n) is 2.72. The van der Waals surface area contributed by atoms with E-state index in [2.05, 4.69) is 4.98 Å². The molecule has 0 bridgehead atoms. The fraction of sp³-hybridized carbons (Fsp3) is 0.200. The van der Waals surface area contributed by atoms with Gasteiger partial charge in [-0.15, -0.1) is 4.98 Å². The highest BCUT2D eigenvalue weighted by Crippen LogP contribution is 1.91. The first-order valence-corrected chi connectivity index (χ1v) is 2.72. The minimum Gasteiger partial charge on any atom is -0.371 e. The van der Waals surface area contributed by atoms with Crippen LogP contribution in [0.5, 0.6) is 0 Å². The highest BCUT2D eigenvalue weighted by Gasteiger charge is 2.06. The zero-order valence-electron chi connectivity index (χ0n) is 5.61. The molecule has 5 heteroatoms. The van der Waals surface area contributed by atoms with Crippen LogP contribution < -0.4 is 21.0 Å². The van der Waals surface area contributed by atoms with E-state index in [1.807, 2.05) is 0 Å². The zero-order valence-corrected chi connectivity index (χ0v) is 5.61. The van der Waals surface area contributed by atoms with E-state index in [0.29, 0.717) is 5.82 Å². The Balaban J connectivity index is 3.17. The van der Waals surface area contributed by atoms with Crippen molar-refractivity contribution in [3.63, 3.8) is 0 Å². The summed E-state index contributed by atoms with van der Waals surface area (Å²) < 4.78 is 1.24. The highest BCUT2D eigenvalue weighted by molar-refractivity contribution is 5.21. The molecule has 0 unspecified atom stereocenters. The lowest BCUT2D eigenvalue weighted by Gasteiger charge is -2.00. The molecule has 0 aliphatic carbocycles. The minimum atomic E-state index is 0.238. The summed E-state index contributed by atoms with van der Waals surface area (Å²) >= 11 is 0. The van der Waals surface area contributed by atoms with Crippen molar-refractivity contribution in [1.29, 1.82) is 0 Å². The molecular formula is C5H9N4O+. The molecule has 1 aromatic heterocycles. The van der Waals surface area contributed by atoms with Crippen molar-refractivity contribution in [2.24, 2.45) is 0 Å². The molecule has 10 heavy (non-hydrogen) atoms. The number of nitrogens with two attached hydrogens (primary N) is 2. The number of hydrogen-bond acceptors (Lipinski definition) is 4. The highest BCUT2D eigenvalue weighted by atomic mass is 16.6. The number of anilines is 2. The van der Waals surface area contributed by atoms with Crippen molar-refractivity contribution < 1.29 is 9.57 Å². The maximum atomic E-state index is 5.45. The SMILES string of the molecule is CO[n+]1c(N)ccnc1N. The van der Waals surface area contributed by atoms with Crippen LogP contribution in [0.1, 0.15) is 0 Å². The van der Waals surface area contributed by atoms with Gasteiger partial charge in [-0.3, -0.25) is 0 Å². The third kappa shape index (κ3) is 0.928. The van der Waals surface area contributed by atoms with Crippen molar-refractivity contribution in [2.75, 3.05) is 18.6 Å². The van der Waals surface area contributed by atoms with Crippen LogP contribution in [0.2, 0.25) is 0 Å². The number of nitrogens with zero attached hydrogens (tertiary/aromatic N) is 2. The van der Waals surface area contributed by atoms with E-state index in [9.17, 15) is 0 Å². The molecule has 0 aromatic carbocycles. The van der Waals surface area contributed by atoms with E-state index in [0.717, 1.165) is 0 Å². The lowest BCUT2D eigenvalue weighted by atomic mass is 10.6. The fourth-order valence-electron chi connectivity index (χ4n) is 0.641. The van der Waals surface area contributed by atoms with Crippen molar-refractivity contribution in [1.82, 2.24) is 4.98 Å². The van der Waals surface area contributed by atoms with Crippen LogP contribution in [0, 0.1) is 0 Å². The van der Waals surface area contributed by atoms with Gasteiger partial charge in [0.15, 0.2) is 0 Å². The zero-order chi connectivity index (χ0) is 7.56. The lowest BCUT2D eigenvalue weighted by Crippen LogP contribution is -2.46. The van der Waals surface area contributed by atoms with Gasteiger partial charge >= 0.3 is 5.95 Å². The van der Waals surface area contributed by atoms with E-state index in [-0.39, 0.29) is 5.95 Å². The Morgan fingerprint density at radius 3 is 2.70 bits per heavy atom. The molecule has 0 saturated heterocycles. The standard InChI is InChI=1S/C5H8N4O/c1-10-9-4(6)2-3-8-5(9)7/h2-3H,1H3,(H3,6,7,8)/p+1. The lowest BCUT2D eigenvalue weighted by molar-refractivity contribution is -0.864. The Morgan fingerprint density at radius 2 is 2.30 bits per heavy atom. The molecule has 0 aliphatic heterocycles. The Hall–Kier alpha value is -1.52. The van der Waals surface area contributed by atoms with Crippen LogP contribution in [0.15, 0.2) is 12.3 Å². The van der Waals surface area contributed by atoms with E-state index < -0.39 is 0 Å². The predicted molar refractivity (Wildman–Crippen MR) is 35.8 cm³/mol. The van der Waals surface area contributed by atoms with Crippen molar-refractivity contribution >= 4 is 11.8 Å². The summed E-state index contributed by atoms with van der Waals surface area (Å²) in [5.74, 6) is 0.664. The molecule has 1 aromatic rings. The normalized spacial score (nSPS) is 9.30. The van der Waals surface area contributed by atoms with E-state index in [1.165, 1.54) is 18.0 Å². The fourth-order valence-corrected chi connectivity index (χ4v) is 0.641. The van der Waals surface area contributed by atoms with Gasteiger partial charge in [-0.2, -0.15) is 0 Å². The summed E-state index contributed by atoms with van der Waals surface area (Å²) in [5, 5.41) is 0. The van der Waals surface area contributed by atoms with Crippen molar-refractivity contribution in [3.8, 4) is 0 Å². The molecule has 54 valence electrons. The second-order valence-electron chi connectivity index (χ2n) is 1.70. The number of hydrogen-bond donors (Lipinski definition) is 2. The summed E-state index contributed by atoms with van der Waals surface area (Å²) in [7, 11) is 1.47. The molecular weight excluding hydrogens is 132 g/mol. The second kappa shape index (κ2) is 2.38. The van der Waals surface area contributed by atoms with Crippen molar-refractivity contribution in [2.45, 2.75) is 0 Å². The van der Waals surface area contributed by atoms with Gasteiger partial charge < -0.3 is 16.3 Å². The predicted octanol–water partition coefficient (Wildman–Crippen LogP) is -1.41. The Kier molecular flexibility index (Phi) is 1.57. The van der Waals surface area contributed by atoms with Gasteiger partial charge in [0.25, 0.3) is 0 Å². The molecule has 0 aliphatic rings. The van der Waals surface area contributed by atoms with E-state index >= 15 is 0 Å². The third-order valence-electron chi connectivity index (χ3n) is 1.08. The molecule has 0 amide bonds. The van der Waals surface area contributed by atoms with Crippen LogP contribution in [0.25, 0.3) is 0 Å². The summed E-state index contributed by atoms with van der Waals surface area (Å²) in [6.07, 6.45) is 1.51. The van der Waals surface area contributed by atoms with E-state index in [4.69, 9.17) is 16.3 Å². The minimum absolute atomic E-state index is 0.238. The maximum Gasteiger partial charge on any atom is 0.381 e. The summed E-state index contributed by atoms with van der Waals surface area (Å²) in [4.78, 5) is 8.53. The van der Waals surface area contributed by atoms with Gasteiger partial charge in [-0.05, 0) is 4.73 Å². The Morgan fingerprint density at radius 1 is 1.60 bits per heavy atom. The topological polar surface area (TPSA) is 78.0 Å². The van der Waals surface area contributed by atoms with Crippen LogP contribution in [0.3, 0.4) is 0 Å². The Bertz CT molecular complexity index is 217. The van der Waals surface area contributed by atoms with Gasteiger partial charge in [0.1, 0.15) is 7.11 Å². The van der Waals surface area contributed by atoms with Gasteiger partial charge in [-0.1, -0.05) is 0 Å². The van der Waals surface area contributed by atoms with Crippen LogP contribution in [-0.2, 0) is 0 Å². The van der Waals surface area contributed by atoms with Gasteiger partial charge in [-0.25, -0.2) is 0 Å². The number of rotatable bonds is 1. The Labute approximate surface area is 58.2 Å². The quantitative estimate of drug-likeness (QED) is 0.471. The first-order chi connectivity index (χ1) is 4.75.